The minimum Gasteiger partial charge on any atom is -0.468 e. The number of methoxy groups -OCH3 is 1. The molecule has 0 aliphatic carbocycles. The van der Waals surface area contributed by atoms with Crippen LogP contribution in [0.1, 0.15) is 12.8 Å². The van der Waals surface area contributed by atoms with Gasteiger partial charge in [-0.2, -0.15) is 0 Å². The minimum absolute atomic E-state index is 0.406. The third-order valence-corrected chi connectivity index (χ3v) is 1.90. The molecule has 1 fully saturated rings. The summed E-state index contributed by atoms with van der Waals surface area (Å²) in [6.45, 7) is 0.406. The summed E-state index contributed by atoms with van der Waals surface area (Å²) >= 11 is 0. The zero-order valence-electron chi connectivity index (χ0n) is 7.32. The quantitative estimate of drug-likeness (QED) is 0.557. The normalized spacial score (nSPS) is 22.5. The number of amides is 1. The first-order valence-electron chi connectivity index (χ1n) is 3.99. The number of hydrogen-bond donors (Lipinski definition) is 2. The summed E-state index contributed by atoms with van der Waals surface area (Å²) in [5, 5.41) is 9.63. The zero-order valence-corrected chi connectivity index (χ0v) is 7.32. The van der Waals surface area contributed by atoms with Crippen LogP contribution in [0.3, 0.4) is 0 Å². The van der Waals surface area contributed by atoms with Gasteiger partial charge in [0.1, 0.15) is 6.04 Å². The second-order valence-electron chi connectivity index (χ2n) is 2.78. The number of esters is 1. The molecule has 74 valence electrons. The van der Waals surface area contributed by atoms with E-state index >= 15 is 0 Å². The van der Waals surface area contributed by atoms with E-state index in [1.165, 1.54) is 7.11 Å². The largest absolute Gasteiger partial charge is 0.468 e. The van der Waals surface area contributed by atoms with Crippen molar-refractivity contribution in [3.8, 4) is 0 Å². The van der Waals surface area contributed by atoms with Crippen LogP contribution >= 0.6 is 0 Å². The lowest BCUT2D eigenvalue weighted by atomic mass is 10.1. The van der Waals surface area contributed by atoms with Crippen molar-refractivity contribution >= 4 is 12.1 Å². The average Bonchev–Trinajstić information content (AvgIpc) is 2.17. The maximum absolute atomic E-state index is 11.0. The van der Waals surface area contributed by atoms with Crippen LogP contribution in [0.5, 0.6) is 0 Å². The fourth-order valence-corrected chi connectivity index (χ4v) is 1.23. The van der Waals surface area contributed by atoms with Gasteiger partial charge in [0.2, 0.25) is 0 Å². The number of nitrogens with one attached hydrogen (secondary N) is 1. The van der Waals surface area contributed by atoms with Gasteiger partial charge in [0, 0.05) is 6.54 Å². The fraction of sp³-hybridized carbons (Fsp3) is 0.714. The third kappa shape index (κ3) is 2.32. The van der Waals surface area contributed by atoms with Crippen molar-refractivity contribution in [2.45, 2.75) is 18.9 Å². The number of carbonyl (C=O) groups excluding carboxylic acids is 1. The first-order valence-corrected chi connectivity index (χ1v) is 3.99. The first kappa shape index (κ1) is 9.79. The van der Waals surface area contributed by atoms with Gasteiger partial charge >= 0.3 is 12.1 Å². The third-order valence-electron chi connectivity index (χ3n) is 1.90. The van der Waals surface area contributed by atoms with Crippen molar-refractivity contribution in [1.29, 1.82) is 0 Å². The Kier molecular flexibility index (Phi) is 3.07. The van der Waals surface area contributed by atoms with E-state index in [2.05, 4.69) is 10.2 Å². The lowest BCUT2D eigenvalue weighted by Gasteiger charge is -2.30. The van der Waals surface area contributed by atoms with E-state index < -0.39 is 18.1 Å². The second kappa shape index (κ2) is 4.08. The number of hydrogen-bond acceptors (Lipinski definition) is 4. The fourth-order valence-electron chi connectivity index (χ4n) is 1.23. The minimum atomic E-state index is -1.08. The Morgan fingerprint density at radius 2 is 2.31 bits per heavy atom. The van der Waals surface area contributed by atoms with Gasteiger partial charge in [-0.05, 0) is 12.8 Å². The van der Waals surface area contributed by atoms with E-state index in [4.69, 9.17) is 5.11 Å². The molecule has 13 heavy (non-hydrogen) atoms. The van der Waals surface area contributed by atoms with Crippen LogP contribution in [0, 0.1) is 0 Å². The molecule has 0 bridgehead atoms. The monoisotopic (exact) mass is 188 g/mol. The van der Waals surface area contributed by atoms with Crippen LogP contribution in [0.2, 0.25) is 0 Å². The number of ether oxygens (including phenoxy) is 1. The molecule has 1 heterocycles. The predicted molar refractivity (Wildman–Crippen MR) is 42.9 cm³/mol. The van der Waals surface area contributed by atoms with E-state index in [1.54, 1.807) is 0 Å². The van der Waals surface area contributed by atoms with Gasteiger partial charge < -0.3 is 9.84 Å². The molecule has 1 rings (SSSR count). The molecule has 0 unspecified atom stereocenters. The molecule has 6 heteroatoms. The summed E-state index contributed by atoms with van der Waals surface area (Å²) in [7, 11) is 1.28. The number of carboxylic acid groups (broad SMARTS) is 1. The van der Waals surface area contributed by atoms with E-state index in [0.717, 1.165) is 5.01 Å². The van der Waals surface area contributed by atoms with Crippen LogP contribution in [0.4, 0.5) is 4.79 Å². The Labute approximate surface area is 75.4 Å². The van der Waals surface area contributed by atoms with Gasteiger partial charge in [-0.25, -0.2) is 15.2 Å². The van der Waals surface area contributed by atoms with Crippen molar-refractivity contribution in [3.05, 3.63) is 0 Å². The summed E-state index contributed by atoms with van der Waals surface area (Å²) in [6.07, 6.45) is 0.198. The molecule has 0 aromatic heterocycles. The molecule has 1 aliphatic rings. The SMILES string of the molecule is COC(=O)[C@@H]1CCCN(C(=O)O)N1. The van der Waals surface area contributed by atoms with E-state index in [1.807, 2.05) is 0 Å². The summed E-state index contributed by atoms with van der Waals surface area (Å²) in [4.78, 5) is 21.6. The first-order chi connectivity index (χ1) is 6.15. The smallest absolute Gasteiger partial charge is 0.421 e. The molecule has 0 saturated carbocycles. The predicted octanol–water partition coefficient (Wildman–Crippen LogP) is -0.194. The highest BCUT2D eigenvalue weighted by atomic mass is 16.5. The Hall–Kier alpha value is -1.30. The van der Waals surface area contributed by atoms with Gasteiger partial charge in [-0.15, -0.1) is 0 Å². The Balaban J connectivity index is 2.51. The van der Waals surface area contributed by atoms with Crippen LogP contribution in [0.25, 0.3) is 0 Å². The molecule has 0 radical (unpaired) electrons. The Morgan fingerprint density at radius 3 is 2.85 bits per heavy atom. The standard InChI is InChI=1S/C7H12N2O4/c1-13-6(10)5-3-2-4-9(8-5)7(11)12/h5,8H,2-4H2,1H3,(H,11,12)/t5-/m0/s1. The number of nitrogens with zero attached hydrogens (tertiary/aromatic N) is 1. The van der Waals surface area contributed by atoms with Crippen molar-refractivity contribution in [1.82, 2.24) is 10.4 Å². The molecule has 1 saturated heterocycles. The van der Waals surface area contributed by atoms with Crippen molar-refractivity contribution in [2.75, 3.05) is 13.7 Å². The van der Waals surface area contributed by atoms with Crippen molar-refractivity contribution in [3.63, 3.8) is 0 Å². The summed E-state index contributed by atoms with van der Waals surface area (Å²) < 4.78 is 4.50. The molecule has 0 aromatic rings. The Bertz CT molecular complexity index is 219. The summed E-state index contributed by atoms with van der Waals surface area (Å²) in [6, 6.07) is -0.533. The number of hydrazine groups is 1. The highest BCUT2D eigenvalue weighted by molar-refractivity contribution is 5.76. The summed E-state index contributed by atoms with van der Waals surface area (Å²) in [5.74, 6) is -0.425. The average molecular weight is 188 g/mol. The molecule has 6 nitrogen and oxygen atoms in total. The molecule has 0 aromatic carbocycles. The van der Waals surface area contributed by atoms with E-state index in [9.17, 15) is 9.59 Å². The molecule has 1 amide bonds. The van der Waals surface area contributed by atoms with Gasteiger partial charge in [-0.1, -0.05) is 0 Å². The molecule has 0 spiro atoms. The molecular formula is C7H12N2O4. The van der Waals surface area contributed by atoms with E-state index in [-0.39, 0.29) is 0 Å². The van der Waals surface area contributed by atoms with E-state index in [0.29, 0.717) is 19.4 Å². The van der Waals surface area contributed by atoms with Gasteiger partial charge in [0.15, 0.2) is 0 Å². The van der Waals surface area contributed by atoms with Gasteiger partial charge in [0.05, 0.1) is 7.11 Å². The van der Waals surface area contributed by atoms with Crippen LogP contribution in [-0.4, -0.2) is 41.9 Å². The molecular weight excluding hydrogens is 176 g/mol. The topological polar surface area (TPSA) is 78.9 Å². The van der Waals surface area contributed by atoms with Crippen LogP contribution in [-0.2, 0) is 9.53 Å². The van der Waals surface area contributed by atoms with Crippen molar-refractivity contribution in [2.24, 2.45) is 0 Å². The summed E-state index contributed by atoms with van der Waals surface area (Å²) in [5.41, 5.74) is 2.56. The highest BCUT2D eigenvalue weighted by Gasteiger charge is 2.27. The molecule has 1 atom stereocenters. The number of carbonyl (C=O) groups is 2. The second-order valence-corrected chi connectivity index (χ2v) is 2.78. The molecule has 1 aliphatic heterocycles. The maximum Gasteiger partial charge on any atom is 0.421 e. The van der Waals surface area contributed by atoms with Crippen LogP contribution < -0.4 is 5.43 Å². The zero-order chi connectivity index (χ0) is 9.84. The van der Waals surface area contributed by atoms with Crippen molar-refractivity contribution < 1.29 is 19.4 Å². The lowest BCUT2D eigenvalue weighted by Crippen LogP contribution is -2.54. The molecule has 2 N–H and O–H groups in total. The highest BCUT2D eigenvalue weighted by Crippen LogP contribution is 2.08. The van der Waals surface area contributed by atoms with Crippen LogP contribution in [0.15, 0.2) is 0 Å². The number of rotatable bonds is 1. The van der Waals surface area contributed by atoms with Gasteiger partial charge in [-0.3, -0.25) is 4.79 Å². The lowest BCUT2D eigenvalue weighted by molar-refractivity contribution is -0.145. The van der Waals surface area contributed by atoms with Gasteiger partial charge in [0.25, 0.3) is 0 Å². The Morgan fingerprint density at radius 1 is 1.62 bits per heavy atom. The maximum atomic E-state index is 11.0.